The zero-order chi connectivity index (χ0) is 40.7. The van der Waals surface area contributed by atoms with Crippen LogP contribution in [0.3, 0.4) is 0 Å². The minimum atomic E-state index is -4.73. The normalized spacial score (nSPS) is 14.2. The van der Waals surface area contributed by atoms with E-state index in [1.165, 1.54) is 47.7 Å². The van der Waals surface area contributed by atoms with Crippen molar-refractivity contribution < 1.29 is 13.6 Å². The van der Waals surface area contributed by atoms with Crippen LogP contribution in [0, 0.1) is 4.91 Å². The zero-order valence-corrected chi connectivity index (χ0v) is 37.8. The van der Waals surface area contributed by atoms with Gasteiger partial charge < -0.3 is 0 Å². The molecule has 0 fully saturated rings. The summed E-state index contributed by atoms with van der Waals surface area (Å²) in [5.74, 6) is 0. The van der Waals surface area contributed by atoms with Crippen molar-refractivity contribution in [2.24, 2.45) is 3.92 Å². The van der Waals surface area contributed by atoms with Gasteiger partial charge in [0.05, 0.1) is 0 Å². The minimum absolute atomic E-state index is 1.21. The van der Waals surface area contributed by atoms with E-state index < -0.39 is 30.4 Å². The van der Waals surface area contributed by atoms with Crippen LogP contribution in [-0.2, 0) is 13.6 Å². The third kappa shape index (κ3) is 6.15. The van der Waals surface area contributed by atoms with Gasteiger partial charge in [0.2, 0.25) is 0 Å². The predicted molar refractivity (Wildman–Crippen MR) is 265 cm³/mol. The van der Waals surface area contributed by atoms with Gasteiger partial charge in [-0.15, -0.1) is 0 Å². The first-order valence-electron chi connectivity index (χ1n) is 20.3. The van der Waals surface area contributed by atoms with Gasteiger partial charge >= 0.3 is 360 Å². The maximum atomic E-state index is 16.9. The summed E-state index contributed by atoms with van der Waals surface area (Å²) in [4.78, 5) is 16.9. The van der Waals surface area contributed by atoms with Gasteiger partial charge in [0.15, 0.2) is 0 Å². The Hall–Kier alpha value is -5.51. The molecule has 9 aromatic carbocycles. The van der Waals surface area contributed by atoms with Crippen LogP contribution in [0.5, 0.6) is 0 Å². The molecule has 0 saturated heterocycles. The van der Waals surface area contributed by atoms with Crippen molar-refractivity contribution in [3.05, 3.63) is 278 Å². The molecule has 0 N–H and O–H groups in total. The standard InChI is InChI=1S/3C18H15P.NO.Rh/c3*1-4-10-16(11-5-1)19(17-12-6-2-7-13-17)18-14-8-3-9-15-18;1-2;/h3*1-15H;;/q;;;-1;-2/p+3. The summed E-state index contributed by atoms with van der Waals surface area (Å²) in [5.41, 5.74) is -11.3. The number of nitroso groups, excluding NO2 is 1. The molecule has 9 aromatic rings. The van der Waals surface area contributed by atoms with Crippen LogP contribution in [0.1, 0.15) is 0 Å². The Morgan fingerprint density at radius 3 is 0.433 bits per heavy atom. The van der Waals surface area contributed by atoms with Crippen molar-refractivity contribution in [1.82, 2.24) is 0 Å². The Morgan fingerprint density at radius 1 is 0.217 bits per heavy atom. The van der Waals surface area contributed by atoms with Crippen molar-refractivity contribution in [3.8, 4) is 0 Å². The van der Waals surface area contributed by atoms with Crippen LogP contribution < -0.4 is 47.7 Å². The number of hydrogen-bond acceptors (Lipinski definition) is 2. The van der Waals surface area contributed by atoms with Gasteiger partial charge in [-0.3, -0.25) is 0 Å². The second-order valence-corrected chi connectivity index (χ2v) is 51.8. The monoisotopic (exact) mass is 922 g/mol. The molecule has 0 saturated carbocycles. The van der Waals surface area contributed by atoms with Crippen molar-refractivity contribution in [2.75, 3.05) is 0 Å². The summed E-state index contributed by atoms with van der Waals surface area (Å²) < 4.78 is 5.52. The van der Waals surface area contributed by atoms with E-state index in [2.05, 4.69) is 273 Å². The maximum absolute atomic E-state index is 16.9. The van der Waals surface area contributed by atoms with E-state index in [0.29, 0.717) is 0 Å². The first-order chi connectivity index (χ1) is 29.8. The predicted octanol–water partition coefficient (Wildman–Crippen LogP) is 9.75. The number of rotatable bonds is 13. The van der Waals surface area contributed by atoms with E-state index in [1.807, 2.05) is 0 Å². The van der Waals surface area contributed by atoms with Gasteiger partial charge in [0, 0.05) is 0 Å². The molecule has 0 aliphatic carbocycles. The molecule has 2 nitrogen and oxygen atoms in total. The average molecular weight is 923 g/mol. The molecular weight excluding hydrogens is 874 g/mol. The van der Waals surface area contributed by atoms with Crippen LogP contribution >= 0.6 is 16.8 Å². The molecule has 0 aliphatic heterocycles. The Kier molecular flexibility index (Phi) is 11.7. The molecule has 0 aromatic heterocycles. The molecule has 299 valence electrons. The van der Waals surface area contributed by atoms with E-state index in [9.17, 15) is 0 Å². The van der Waals surface area contributed by atoms with Gasteiger partial charge in [-0.25, -0.2) is 0 Å². The van der Waals surface area contributed by atoms with Crippen LogP contribution in [0.2, 0.25) is 0 Å². The van der Waals surface area contributed by atoms with Crippen LogP contribution in [-0.4, -0.2) is 0 Å². The fourth-order valence-electron chi connectivity index (χ4n) is 9.40. The molecule has 0 heterocycles. The SMILES string of the molecule is O=[N][Rh]([PH](c1ccccc1)(c1ccccc1)c1ccccc1)([PH](c1ccccc1)(c1ccccc1)c1ccccc1)[PH](c1ccccc1)(c1ccccc1)c1ccccc1. The van der Waals surface area contributed by atoms with Gasteiger partial charge in [-0.05, 0) is 0 Å². The fourth-order valence-corrected chi connectivity index (χ4v) is 109. The molecule has 60 heavy (non-hydrogen) atoms. The number of benzene rings is 9. The molecule has 0 radical (unpaired) electrons. The average Bonchev–Trinajstić information content (AvgIpc) is 3.35. The first kappa shape index (κ1) is 39.9. The molecule has 0 atom stereocenters. The molecule has 0 spiro atoms. The molecule has 6 heteroatoms. The van der Waals surface area contributed by atoms with Gasteiger partial charge in [-0.1, -0.05) is 0 Å². The molecule has 0 unspecified atom stereocenters. The second-order valence-electron chi connectivity index (χ2n) is 14.7. The van der Waals surface area contributed by atoms with Gasteiger partial charge in [-0.2, -0.15) is 0 Å². The van der Waals surface area contributed by atoms with Gasteiger partial charge in [0.25, 0.3) is 0 Å². The van der Waals surface area contributed by atoms with Crippen molar-refractivity contribution in [2.45, 2.75) is 0 Å². The summed E-state index contributed by atoms with van der Waals surface area (Å²) in [5, 5.41) is 10.9. The third-order valence-corrected chi connectivity index (χ3v) is 80.6. The second kappa shape index (κ2) is 17.6. The van der Waals surface area contributed by atoms with Crippen LogP contribution in [0.25, 0.3) is 0 Å². The topological polar surface area (TPSA) is 29.4 Å². The van der Waals surface area contributed by atoms with Crippen molar-refractivity contribution in [3.63, 3.8) is 0 Å². The molecule has 0 aliphatic rings. The number of nitrogens with zero attached hydrogens (tertiary/aromatic N) is 1. The summed E-state index contributed by atoms with van der Waals surface area (Å²) in [6, 6.07) is 100. The van der Waals surface area contributed by atoms with E-state index in [4.69, 9.17) is 3.92 Å². The van der Waals surface area contributed by atoms with E-state index in [1.54, 1.807) is 0 Å². The Bertz CT molecular complexity index is 2160. The van der Waals surface area contributed by atoms with Crippen LogP contribution in [0.4, 0.5) is 0 Å². The van der Waals surface area contributed by atoms with E-state index in [-0.39, 0.29) is 0 Å². The molecular formula is C54H48NOP3Rh. The van der Waals surface area contributed by atoms with E-state index in [0.717, 1.165) is 0 Å². The van der Waals surface area contributed by atoms with Gasteiger partial charge in [0.1, 0.15) is 0 Å². The summed E-state index contributed by atoms with van der Waals surface area (Å²) in [7, 11) is 0. The van der Waals surface area contributed by atoms with Crippen molar-refractivity contribution in [1.29, 1.82) is 0 Å². The Labute approximate surface area is 357 Å². The molecule has 9 rings (SSSR count). The first-order valence-corrected chi connectivity index (χ1v) is 33.9. The third-order valence-electron chi connectivity index (χ3n) is 11.6. The molecule has 0 amide bonds. The Morgan fingerprint density at radius 2 is 0.333 bits per heavy atom. The Balaban J connectivity index is 1.74. The summed E-state index contributed by atoms with van der Waals surface area (Å²) in [6.07, 6.45) is 0. The van der Waals surface area contributed by atoms with Crippen LogP contribution in [0.15, 0.2) is 277 Å². The fraction of sp³-hybridized carbons (Fsp3) is 0. The van der Waals surface area contributed by atoms with E-state index >= 15 is 4.91 Å². The zero-order valence-electron chi connectivity index (χ0n) is 33.2. The summed E-state index contributed by atoms with van der Waals surface area (Å²) >= 11 is -4.73. The van der Waals surface area contributed by atoms with Crippen molar-refractivity contribution >= 4 is 64.5 Å². The number of hydrogen-bond donors (Lipinski definition) is 0. The quantitative estimate of drug-likeness (QED) is 0.0644. The molecule has 0 bridgehead atoms. The summed E-state index contributed by atoms with van der Waals surface area (Å²) in [6.45, 7) is 0.